The molecule has 1 heterocycles. The summed E-state index contributed by atoms with van der Waals surface area (Å²) < 4.78 is 55.4. The van der Waals surface area contributed by atoms with Crippen LogP contribution in [0.3, 0.4) is 0 Å². The van der Waals surface area contributed by atoms with Crippen molar-refractivity contribution in [2.75, 3.05) is 16.2 Å². The number of hydrogen-bond acceptors (Lipinski definition) is 4. The molecule has 0 unspecified atom stereocenters. The van der Waals surface area contributed by atoms with Crippen molar-refractivity contribution in [1.29, 1.82) is 0 Å². The third-order valence-corrected chi connectivity index (χ3v) is 6.13. The van der Waals surface area contributed by atoms with Gasteiger partial charge in [0.25, 0.3) is 10.0 Å². The molecule has 3 aromatic rings. The van der Waals surface area contributed by atoms with E-state index in [0.29, 0.717) is 16.8 Å². The molecule has 0 fully saturated rings. The third-order valence-electron chi connectivity index (χ3n) is 4.33. The van der Waals surface area contributed by atoms with Crippen LogP contribution in [0.5, 0.6) is 5.75 Å². The van der Waals surface area contributed by atoms with E-state index < -0.39 is 29.1 Å². The van der Waals surface area contributed by atoms with E-state index in [0.717, 1.165) is 9.69 Å². The van der Waals surface area contributed by atoms with E-state index >= 15 is 0 Å². The molecule has 1 aliphatic heterocycles. The van der Waals surface area contributed by atoms with Crippen LogP contribution < -0.4 is 14.4 Å². The maximum Gasteiger partial charge on any atom is 0.387 e. The van der Waals surface area contributed by atoms with Gasteiger partial charge in [0.1, 0.15) is 12.3 Å². The lowest BCUT2D eigenvalue weighted by Gasteiger charge is -2.18. The van der Waals surface area contributed by atoms with E-state index in [2.05, 4.69) is 10.1 Å². The molecule has 0 bridgehead atoms. The van der Waals surface area contributed by atoms with Crippen LogP contribution in [-0.2, 0) is 14.8 Å². The van der Waals surface area contributed by atoms with Gasteiger partial charge in [-0.25, -0.2) is 8.42 Å². The van der Waals surface area contributed by atoms with E-state index in [4.69, 9.17) is 0 Å². The molecular weight excluding hydrogens is 390 g/mol. The molecule has 0 aromatic heterocycles. The Morgan fingerprint density at radius 2 is 1.71 bits per heavy atom. The highest BCUT2D eigenvalue weighted by Gasteiger charge is 2.36. The number of anilines is 2. The van der Waals surface area contributed by atoms with Crippen LogP contribution in [0.15, 0.2) is 65.6 Å². The Hall–Kier alpha value is -3.20. The molecule has 0 saturated carbocycles. The average molecular weight is 404 g/mol. The second kappa shape index (κ2) is 6.75. The van der Waals surface area contributed by atoms with Crippen molar-refractivity contribution < 1.29 is 26.7 Å². The summed E-state index contributed by atoms with van der Waals surface area (Å²) in [4.78, 5) is 12.6. The predicted octanol–water partition coefficient (Wildman–Crippen LogP) is 3.59. The topological polar surface area (TPSA) is 75.7 Å². The van der Waals surface area contributed by atoms with E-state index in [1.807, 2.05) is 12.1 Å². The molecule has 0 aliphatic carbocycles. The second-order valence-corrected chi connectivity index (χ2v) is 7.92. The van der Waals surface area contributed by atoms with Crippen molar-refractivity contribution in [3.05, 3.63) is 60.7 Å². The van der Waals surface area contributed by atoms with Gasteiger partial charge < -0.3 is 10.1 Å². The van der Waals surface area contributed by atoms with E-state index in [-0.39, 0.29) is 10.6 Å². The highest BCUT2D eigenvalue weighted by atomic mass is 32.2. The van der Waals surface area contributed by atoms with Crippen LogP contribution in [0.2, 0.25) is 0 Å². The minimum absolute atomic E-state index is 0.0442. The van der Waals surface area contributed by atoms with Crippen LogP contribution in [0.1, 0.15) is 0 Å². The first-order chi connectivity index (χ1) is 13.4. The second-order valence-electron chi connectivity index (χ2n) is 6.09. The lowest BCUT2D eigenvalue weighted by Crippen LogP contribution is -2.35. The number of hydrogen-bond donors (Lipinski definition) is 1. The van der Waals surface area contributed by atoms with Gasteiger partial charge in [-0.3, -0.25) is 9.10 Å². The molecule has 28 heavy (non-hydrogen) atoms. The number of carbonyl (C=O) groups excluding carboxylic acids is 1. The molecule has 0 spiro atoms. The van der Waals surface area contributed by atoms with Crippen molar-refractivity contribution in [1.82, 2.24) is 0 Å². The van der Waals surface area contributed by atoms with Crippen LogP contribution in [-0.4, -0.2) is 27.5 Å². The first kappa shape index (κ1) is 18.2. The van der Waals surface area contributed by atoms with Crippen molar-refractivity contribution in [2.45, 2.75) is 11.5 Å². The van der Waals surface area contributed by atoms with Gasteiger partial charge in [0, 0.05) is 11.1 Å². The van der Waals surface area contributed by atoms with E-state index in [9.17, 15) is 22.0 Å². The highest BCUT2D eigenvalue weighted by molar-refractivity contribution is 7.93. The largest absolute Gasteiger partial charge is 0.435 e. The molecule has 0 saturated heterocycles. The first-order valence-electron chi connectivity index (χ1n) is 8.25. The van der Waals surface area contributed by atoms with Gasteiger partial charge >= 0.3 is 6.61 Å². The first-order valence-corrected chi connectivity index (χ1v) is 9.69. The number of rotatable bonds is 5. The molecule has 6 nitrogen and oxygen atoms in total. The van der Waals surface area contributed by atoms with Crippen molar-refractivity contribution in [2.24, 2.45) is 0 Å². The zero-order valence-electron chi connectivity index (χ0n) is 14.3. The molecule has 3 aromatic carbocycles. The predicted molar refractivity (Wildman–Crippen MR) is 100 cm³/mol. The molecule has 1 N–H and O–H groups in total. The maximum absolute atomic E-state index is 12.9. The summed E-state index contributed by atoms with van der Waals surface area (Å²) in [6, 6.07) is 15.5. The number of ether oxygens (including phenoxy) is 1. The quantitative estimate of drug-likeness (QED) is 0.705. The standard InChI is InChI=1S/C19H14F2N2O4S/c20-19(21)27-14-9-7-13(8-10-14)22-17(24)11-23-15-5-1-3-12-4-2-6-16(18(12)15)28(23,25)26/h1-10,19H,11H2,(H,22,24). The van der Waals surface area contributed by atoms with Gasteiger partial charge in [-0.05, 0) is 41.8 Å². The normalized spacial score (nSPS) is 14.5. The minimum atomic E-state index is -3.84. The van der Waals surface area contributed by atoms with Crippen molar-refractivity contribution in [3.63, 3.8) is 0 Å². The number of halogens is 2. The number of benzene rings is 3. The third kappa shape index (κ3) is 3.13. The number of carbonyl (C=O) groups is 1. The van der Waals surface area contributed by atoms with Crippen LogP contribution in [0, 0.1) is 0 Å². The summed E-state index contributed by atoms with van der Waals surface area (Å²) in [6.07, 6.45) is 0. The Morgan fingerprint density at radius 1 is 1.04 bits per heavy atom. The van der Waals surface area contributed by atoms with Crippen molar-refractivity contribution in [3.8, 4) is 5.75 Å². The molecule has 4 rings (SSSR count). The molecule has 9 heteroatoms. The van der Waals surface area contributed by atoms with Gasteiger partial charge in [0.05, 0.1) is 10.6 Å². The number of sulfonamides is 1. The fourth-order valence-corrected chi connectivity index (χ4v) is 4.85. The fourth-order valence-electron chi connectivity index (χ4n) is 3.18. The Bertz CT molecular complexity index is 1160. The molecule has 0 atom stereocenters. The Kier molecular flexibility index (Phi) is 4.38. The molecular formula is C19H14F2N2O4S. The zero-order valence-corrected chi connectivity index (χ0v) is 15.1. The van der Waals surface area contributed by atoms with Crippen LogP contribution in [0.25, 0.3) is 10.8 Å². The average Bonchev–Trinajstić information content (AvgIpc) is 2.86. The smallest absolute Gasteiger partial charge is 0.387 e. The molecule has 0 radical (unpaired) electrons. The van der Waals surface area contributed by atoms with Gasteiger partial charge in [0.15, 0.2) is 0 Å². The van der Waals surface area contributed by atoms with Crippen molar-refractivity contribution >= 4 is 38.1 Å². The maximum atomic E-state index is 12.9. The summed E-state index contributed by atoms with van der Waals surface area (Å²) in [5.41, 5.74) is 0.780. The van der Waals surface area contributed by atoms with Crippen LogP contribution >= 0.6 is 0 Å². The number of amides is 1. The fraction of sp³-hybridized carbons (Fsp3) is 0.105. The highest BCUT2D eigenvalue weighted by Crippen LogP contribution is 2.41. The van der Waals surface area contributed by atoms with Gasteiger partial charge in [-0.15, -0.1) is 0 Å². The zero-order chi connectivity index (χ0) is 19.9. The van der Waals surface area contributed by atoms with Crippen LogP contribution in [0.4, 0.5) is 20.2 Å². The van der Waals surface area contributed by atoms with E-state index in [1.165, 1.54) is 30.3 Å². The lowest BCUT2D eigenvalue weighted by molar-refractivity contribution is -0.114. The summed E-state index contributed by atoms with van der Waals surface area (Å²) >= 11 is 0. The van der Waals surface area contributed by atoms with E-state index in [1.54, 1.807) is 18.2 Å². The monoisotopic (exact) mass is 404 g/mol. The Morgan fingerprint density at radius 3 is 2.39 bits per heavy atom. The molecule has 144 valence electrons. The minimum Gasteiger partial charge on any atom is -0.435 e. The number of nitrogens with zero attached hydrogens (tertiary/aromatic N) is 1. The molecule has 1 amide bonds. The summed E-state index contributed by atoms with van der Waals surface area (Å²) in [5, 5.41) is 3.92. The summed E-state index contributed by atoms with van der Waals surface area (Å²) in [6.45, 7) is -3.35. The lowest BCUT2D eigenvalue weighted by atomic mass is 10.1. The SMILES string of the molecule is O=C(CN1c2cccc3cccc(c23)S1(=O)=O)Nc1ccc(OC(F)F)cc1. The van der Waals surface area contributed by atoms with Gasteiger partial charge in [-0.2, -0.15) is 8.78 Å². The van der Waals surface area contributed by atoms with Gasteiger partial charge in [-0.1, -0.05) is 24.3 Å². The Labute approximate surface area is 159 Å². The summed E-state index contributed by atoms with van der Waals surface area (Å²) in [5.74, 6) is -0.604. The number of nitrogens with one attached hydrogen (secondary N) is 1. The summed E-state index contributed by atoms with van der Waals surface area (Å²) in [7, 11) is -3.84. The molecule has 1 aliphatic rings. The number of alkyl halides is 2. The van der Waals surface area contributed by atoms with Gasteiger partial charge in [0.2, 0.25) is 5.91 Å². The Balaban J connectivity index is 1.55.